The van der Waals surface area contributed by atoms with Crippen LogP contribution in [-0.4, -0.2) is 41.4 Å². The molecule has 1 atom stereocenters. The van der Waals surface area contributed by atoms with Gasteiger partial charge in [0.25, 0.3) is 5.91 Å². The van der Waals surface area contributed by atoms with E-state index in [2.05, 4.69) is 24.5 Å². The summed E-state index contributed by atoms with van der Waals surface area (Å²) in [6.45, 7) is 5.36. The number of benzene rings is 1. The molecule has 3 rings (SSSR count). The number of imide groups is 1. The Morgan fingerprint density at radius 2 is 1.90 bits per heavy atom. The van der Waals surface area contributed by atoms with Gasteiger partial charge in [0.2, 0.25) is 5.91 Å². The van der Waals surface area contributed by atoms with E-state index in [9.17, 15) is 14.4 Å². The van der Waals surface area contributed by atoms with E-state index in [0.717, 1.165) is 12.0 Å². The van der Waals surface area contributed by atoms with E-state index in [1.165, 1.54) is 0 Å². The highest BCUT2D eigenvalue weighted by Crippen LogP contribution is 2.35. The number of nitrogens with one attached hydrogen (secondary N) is 2. The van der Waals surface area contributed by atoms with Gasteiger partial charge in [0, 0.05) is 24.2 Å². The molecular formula is C22H28ClN3O3. The number of likely N-dealkylation sites (tertiary alicyclic amines) is 1. The molecule has 1 aromatic rings. The average Bonchev–Trinajstić information content (AvgIpc) is 3.00. The van der Waals surface area contributed by atoms with Crippen LogP contribution >= 0.6 is 11.6 Å². The first-order chi connectivity index (χ1) is 13.8. The van der Waals surface area contributed by atoms with Crippen LogP contribution < -0.4 is 10.6 Å². The summed E-state index contributed by atoms with van der Waals surface area (Å²) in [4.78, 5) is 38.8. The van der Waals surface area contributed by atoms with E-state index < -0.39 is 11.6 Å². The number of halogens is 1. The zero-order chi connectivity index (χ0) is 21.0. The third-order valence-electron chi connectivity index (χ3n) is 5.88. The lowest BCUT2D eigenvalue weighted by Gasteiger charge is -2.40. The maximum absolute atomic E-state index is 12.6. The maximum Gasteiger partial charge on any atom is 0.322 e. The van der Waals surface area contributed by atoms with Gasteiger partial charge in [-0.2, -0.15) is 0 Å². The van der Waals surface area contributed by atoms with E-state index >= 15 is 0 Å². The van der Waals surface area contributed by atoms with Crippen molar-refractivity contribution < 1.29 is 14.4 Å². The summed E-state index contributed by atoms with van der Waals surface area (Å²) in [5.74, 6) is 0.193. The van der Waals surface area contributed by atoms with Gasteiger partial charge in [0.15, 0.2) is 0 Å². The SMILES string of the molecule is CC(C)CCC1(C2CCN(C(=O)C=Cc3ccc(Cl)cc3)CC2)NC(=O)NC1=O. The summed E-state index contributed by atoms with van der Waals surface area (Å²) >= 11 is 5.88. The molecule has 1 aromatic carbocycles. The van der Waals surface area contributed by atoms with Crippen molar-refractivity contribution in [2.75, 3.05) is 13.1 Å². The Bertz CT molecular complexity index is 798. The predicted molar refractivity (Wildman–Crippen MR) is 113 cm³/mol. The zero-order valence-electron chi connectivity index (χ0n) is 16.9. The fraction of sp³-hybridized carbons (Fsp3) is 0.500. The highest BCUT2D eigenvalue weighted by Gasteiger charge is 2.51. The van der Waals surface area contributed by atoms with E-state index in [0.29, 0.717) is 43.3 Å². The first-order valence-corrected chi connectivity index (χ1v) is 10.5. The lowest BCUT2D eigenvalue weighted by Crippen LogP contribution is -2.56. The number of rotatable bonds is 6. The van der Waals surface area contributed by atoms with E-state index in [-0.39, 0.29) is 17.7 Å². The van der Waals surface area contributed by atoms with Crippen molar-refractivity contribution in [2.45, 2.75) is 45.1 Å². The summed E-state index contributed by atoms with van der Waals surface area (Å²) in [5.41, 5.74) is 0.0611. The second-order valence-electron chi connectivity index (χ2n) is 8.30. The van der Waals surface area contributed by atoms with Gasteiger partial charge >= 0.3 is 6.03 Å². The molecule has 0 radical (unpaired) electrons. The van der Waals surface area contributed by atoms with E-state index in [4.69, 9.17) is 11.6 Å². The van der Waals surface area contributed by atoms with Crippen molar-refractivity contribution in [3.8, 4) is 0 Å². The minimum Gasteiger partial charge on any atom is -0.339 e. The standard InChI is InChI=1S/C22H28ClN3O3/c1-15(2)9-12-22(20(28)24-21(29)25-22)17-10-13-26(14-11-17)19(27)8-5-16-3-6-18(23)7-4-16/h3-8,15,17H,9-14H2,1-2H3,(H2,24,25,28,29). The molecule has 156 valence electrons. The summed E-state index contributed by atoms with van der Waals surface area (Å²) in [5, 5.41) is 5.98. The number of amides is 4. The van der Waals surface area contributed by atoms with Crippen molar-refractivity contribution in [3.63, 3.8) is 0 Å². The number of hydrogen-bond acceptors (Lipinski definition) is 3. The molecule has 4 amide bonds. The molecule has 1 unspecified atom stereocenters. The van der Waals surface area contributed by atoms with Gasteiger partial charge in [0.1, 0.15) is 5.54 Å². The first-order valence-electron chi connectivity index (χ1n) is 10.2. The maximum atomic E-state index is 12.6. The Morgan fingerprint density at radius 3 is 2.45 bits per heavy atom. The Labute approximate surface area is 176 Å². The topological polar surface area (TPSA) is 78.5 Å². The zero-order valence-corrected chi connectivity index (χ0v) is 17.7. The van der Waals surface area contributed by atoms with Crippen molar-refractivity contribution in [1.29, 1.82) is 0 Å². The molecule has 2 heterocycles. The predicted octanol–water partition coefficient (Wildman–Crippen LogP) is 3.61. The Morgan fingerprint density at radius 1 is 1.24 bits per heavy atom. The van der Waals surface area contributed by atoms with Crippen molar-refractivity contribution >= 4 is 35.5 Å². The number of carbonyl (C=O) groups excluding carboxylic acids is 3. The number of hydrogen-bond donors (Lipinski definition) is 2. The molecule has 0 saturated carbocycles. The first kappa shape index (κ1) is 21.4. The molecule has 0 aromatic heterocycles. The molecule has 2 N–H and O–H groups in total. The number of piperidine rings is 1. The van der Waals surface area contributed by atoms with Crippen LogP contribution in [0.4, 0.5) is 4.79 Å². The van der Waals surface area contributed by atoms with Crippen LogP contribution in [0, 0.1) is 11.8 Å². The lowest BCUT2D eigenvalue weighted by atomic mass is 9.74. The van der Waals surface area contributed by atoms with Gasteiger partial charge in [0.05, 0.1) is 0 Å². The summed E-state index contributed by atoms with van der Waals surface area (Å²) in [7, 11) is 0. The average molecular weight is 418 g/mol. The molecule has 0 bridgehead atoms. The smallest absolute Gasteiger partial charge is 0.322 e. The third kappa shape index (κ3) is 4.99. The molecule has 2 aliphatic heterocycles. The van der Waals surface area contributed by atoms with Crippen molar-refractivity contribution in [1.82, 2.24) is 15.5 Å². The molecular weight excluding hydrogens is 390 g/mol. The van der Waals surface area contributed by atoms with Crippen LogP contribution in [0.25, 0.3) is 6.08 Å². The number of carbonyl (C=O) groups is 3. The van der Waals surface area contributed by atoms with Crippen LogP contribution in [0.2, 0.25) is 5.02 Å². The summed E-state index contributed by atoms with van der Waals surface area (Å²) in [6.07, 6.45) is 6.20. The summed E-state index contributed by atoms with van der Waals surface area (Å²) in [6, 6.07) is 6.88. The van der Waals surface area contributed by atoms with Gasteiger partial charge in [-0.25, -0.2) is 4.79 Å². The van der Waals surface area contributed by atoms with Crippen molar-refractivity contribution in [2.24, 2.45) is 11.8 Å². The van der Waals surface area contributed by atoms with Crippen molar-refractivity contribution in [3.05, 3.63) is 40.9 Å². The van der Waals surface area contributed by atoms with Gasteiger partial charge in [-0.1, -0.05) is 37.6 Å². The largest absolute Gasteiger partial charge is 0.339 e. The van der Waals surface area contributed by atoms with Gasteiger partial charge < -0.3 is 10.2 Å². The van der Waals surface area contributed by atoms with Crippen LogP contribution in [0.5, 0.6) is 0 Å². The minimum absolute atomic E-state index is 0.0250. The monoisotopic (exact) mass is 417 g/mol. The molecule has 2 saturated heterocycles. The molecule has 6 nitrogen and oxygen atoms in total. The minimum atomic E-state index is -0.852. The summed E-state index contributed by atoms with van der Waals surface area (Å²) < 4.78 is 0. The number of urea groups is 1. The van der Waals surface area contributed by atoms with Crippen LogP contribution in [-0.2, 0) is 9.59 Å². The van der Waals surface area contributed by atoms with Gasteiger partial charge in [-0.15, -0.1) is 0 Å². The highest BCUT2D eigenvalue weighted by atomic mass is 35.5. The second-order valence-corrected chi connectivity index (χ2v) is 8.73. The van der Waals surface area contributed by atoms with Gasteiger partial charge in [-0.3, -0.25) is 14.9 Å². The number of nitrogens with zero attached hydrogens (tertiary/aromatic N) is 1. The van der Waals surface area contributed by atoms with Gasteiger partial charge in [-0.05, 0) is 61.3 Å². The second kappa shape index (κ2) is 8.99. The van der Waals surface area contributed by atoms with E-state index in [1.807, 2.05) is 12.1 Å². The van der Waals surface area contributed by atoms with Crippen LogP contribution in [0.15, 0.2) is 30.3 Å². The van der Waals surface area contributed by atoms with Crippen LogP contribution in [0.3, 0.4) is 0 Å². The Balaban J connectivity index is 1.62. The normalized spacial score (nSPS) is 23.0. The fourth-order valence-corrected chi connectivity index (χ4v) is 4.25. The molecule has 2 aliphatic rings. The Hall–Kier alpha value is -2.34. The highest BCUT2D eigenvalue weighted by molar-refractivity contribution is 6.30. The fourth-order valence-electron chi connectivity index (χ4n) is 4.13. The Kier molecular flexibility index (Phi) is 6.63. The molecule has 29 heavy (non-hydrogen) atoms. The molecule has 7 heteroatoms. The van der Waals surface area contributed by atoms with Crippen LogP contribution in [0.1, 0.15) is 45.1 Å². The lowest BCUT2D eigenvalue weighted by molar-refractivity contribution is -0.130. The quantitative estimate of drug-likeness (QED) is 0.548. The molecule has 2 fully saturated rings. The third-order valence-corrected chi connectivity index (χ3v) is 6.13. The molecule has 0 spiro atoms. The molecule has 0 aliphatic carbocycles. The van der Waals surface area contributed by atoms with E-state index in [1.54, 1.807) is 29.2 Å².